The third-order valence-corrected chi connectivity index (χ3v) is 3.80. The zero-order valence-electron chi connectivity index (χ0n) is 11.2. The van der Waals surface area contributed by atoms with Crippen molar-refractivity contribution < 1.29 is 4.79 Å². The van der Waals surface area contributed by atoms with Crippen LogP contribution in [0.2, 0.25) is 0 Å². The first-order valence-electron chi connectivity index (χ1n) is 7.01. The smallest absolute Gasteiger partial charge is 0.224 e. The molecule has 1 aliphatic rings. The van der Waals surface area contributed by atoms with Crippen LogP contribution >= 0.6 is 0 Å². The lowest BCUT2D eigenvalue weighted by molar-refractivity contribution is -0.132. The van der Waals surface area contributed by atoms with Crippen molar-refractivity contribution in [3.8, 4) is 6.07 Å². The Morgan fingerprint density at radius 1 is 1.26 bits per heavy atom. The minimum atomic E-state index is 0.123. The summed E-state index contributed by atoms with van der Waals surface area (Å²) in [5, 5.41) is 8.89. The maximum Gasteiger partial charge on any atom is 0.224 e. The summed E-state index contributed by atoms with van der Waals surface area (Å²) in [5.74, 6) is 0.123. The van der Waals surface area contributed by atoms with Crippen LogP contribution < -0.4 is 0 Å². The Bertz CT molecular complexity index is 444. The van der Waals surface area contributed by atoms with Crippen molar-refractivity contribution in [1.82, 2.24) is 4.90 Å². The average molecular weight is 256 g/mol. The summed E-state index contributed by atoms with van der Waals surface area (Å²) in [7, 11) is 0. The van der Waals surface area contributed by atoms with Crippen LogP contribution in [0.1, 0.15) is 37.7 Å². The van der Waals surface area contributed by atoms with E-state index in [-0.39, 0.29) is 12.5 Å². The average Bonchev–Trinajstić information content (AvgIpc) is 2.97. The zero-order chi connectivity index (χ0) is 13.5. The summed E-state index contributed by atoms with van der Waals surface area (Å²) >= 11 is 0. The van der Waals surface area contributed by atoms with Crippen molar-refractivity contribution in [2.24, 2.45) is 0 Å². The molecule has 0 saturated heterocycles. The highest BCUT2D eigenvalue weighted by Crippen LogP contribution is 2.24. The van der Waals surface area contributed by atoms with Crippen LogP contribution in [0.5, 0.6) is 0 Å². The first-order chi connectivity index (χ1) is 9.31. The Morgan fingerprint density at radius 3 is 2.58 bits per heavy atom. The third kappa shape index (κ3) is 3.82. The van der Waals surface area contributed by atoms with Crippen LogP contribution in [0.15, 0.2) is 30.3 Å². The minimum Gasteiger partial charge on any atom is -0.326 e. The summed E-state index contributed by atoms with van der Waals surface area (Å²) < 4.78 is 0. The molecule has 0 N–H and O–H groups in total. The second kappa shape index (κ2) is 6.94. The molecule has 1 amide bonds. The molecule has 0 unspecified atom stereocenters. The predicted octanol–water partition coefficient (Wildman–Crippen LogP) is 2.91. The molecule has 1 aromatic rings. The van der Waals surface area contributed by atoms with Gasteiger partial charge in [-0.3, -0.25) is 4.79 Å². The molecule has 2 rings (SSSR count). The number of nitrogens with zero attached hydrogens (tertiary/aromatic N) is 2. The van der Waals surface area contributed by atoms with Crippen molar-refractivity contribution in [3.63, 3.8) is 0 Å². The predicted molar refractivity (Wildman–Crippen MR) is 74.3 cm³/mol. The molecule has 1 aromatic carbocycles. The molecule has 0 bridgehead atoms. The van der Waals surface area contributed by atoms with Crippen LogP contribution in [0, 0.1) is 11.3 Å². The van der Waals surface area contributed by atoms with E-state index in [9.17, 15) is 4.79 Å². The fourth-order valence-corrected chi connectivity index (χ4v) is 2.75. The number of carbonyl (C=O) groups is 1. The van der Waals surface area contributed by atoms with Gasteiger partial charge >= 0.3 is 0 Å². The van der Waals surface area contributed by atoms with Crippen molar-refractivity contribution in [1.29, 1.82) is 5.26 Å². The van der Waals surface area contributed by atoms with E-state index in [2.05, 4.69) is 6.07 Å². The maximum absolute atomic E-state index is 12.3. The highest BCUT2D eigenvalue weighted by Gasteiger charge is 2.25. The van der Waals surface area contributed by atoms with E-state index < -0.39 is 0 Å². The number of nitriles is 1. The van der Waals surface area contributed by atoms with Crippen molar-refractivity contribution in [3.05, 3.63) is 35.9 Å². The topological polar surface area (TPSA) is 44.1 Å². The number of benzene rings is 1. The van der Waals surface area contributed by atoms with E-state index in [0.717, 1.165) is 19.3 Å². The van der Waals surface area contributed by atoms with Crippen LogP contribution in [0.25, 0.3) is 0 Å². The number of aryl methyl sites for hydroxylation is 1. The van der Waals surface area contributed by atoms with Crippen LogP contribution in [0.3, 0.4) is 0 Å². The monoisotopic (exact) mass is 256 g/mol. The van der Waals surface area contributed by atoms with Gasteiger partial charge in [0.1, 0.15) is 6.54 Å². The lowest BCUT2D eigenvalue weighted by Gasteiger charge is -2.26. The third-order valence-electron chi connectivity index (χ3n) is 3.80. The minimum absolute atomic E-state index is 0.123. The van der Waals surface area contributed by atoms with E-state index in [1.54, 1.807) is 4.90 Å². The van der Waals surface area contributed by atoms with E-state index in [1.807, 2.05) is 30.3 Å². The molecule has 3 heteroatoms. The van der Waals surface area contributed by atoms with Gasteiger partial charge in [-0.2, -0.15) is 5.26 Å². The van der Waals surface area contributed by atoms with Crippen LogP contribution in [-0.2, 0) is 11.2 Å². The Balaban J connectivity index is 1.90. The second-order valence-corrected chi connectivity index (χ2v) is 5.10. The fourth-order valence-electron chi connectivity index (χ4n) is 2.75. The van der Waals surface area contributed by atoms with Gasteiger partial charge in [-0.25, -0.2) is 0 Å². The van der Waals surface area contributed by atoms with Gasteiger partial charge in [0.25, 0.3) is 0 Å². The van der Waals surface area contributed by atoms with Gasteiger partial charge in [-0.05, 0) is 24.8 Å². The number of hydrogen-bond donors (Lipinski definition) is 0. The van der Waals surface area contributed by atoms with E-state index in [0.29, 0.717) is 12.5 Å². The molecule has 0 aromatic heterocycles. The van der Waals surface area contributed by atoms with Gasteiger partial charge in [0, 0.05) is 12.5 Å². The zero-order valence-corrected chi connectivity index (χ0v) is 11.2. The summed E-state index contributed by atoms with van der Waals surface area (Å²) in [6.45, 7) is 0.234. The van der Waals surface area contributed by atoms with Gasteiger partial charge in [0.05, 0.1) is 6.07 Å². The van der Waals surface area contributed by atoms with E-state index in [1.165, 1.54) is 18.4 Å². The molecule has 1 saturated carbocycles. The van der Waals surface area contributed by atoms with Gasteiger partial charge < -0.3 is 4.90 Å². The molecule has 0 heterocycles. The SMILES string of the molecule is N#CCN(C(=O)CCc1ccccc1)C1CCCC1. The standard InChI is InChI=1S/C16H20N2O/c17-12-13-18(15-8-4-5-9-15)16(19)11-10-14-6-2-1-3-7-14/h1-3,6-7,15H,4-5,8-11,13H2. The van der Waals surface area contributed by atoms with Gasteiger partial charge in [0.2, 0.25) is 5.91 Å². The Labute approximate surface area is 114 Å². The van der Waals surface area contributed by atoms with Gasteiger partial charge in [-0.15, -0.1) is 0 Å². The van der Waals surface area contributed by atoms with Crippen LogP contribution in [0.4, 0.5) is 0 Å². The molecule has 1 fully saturated rings. The fraction of sp³-hybridized carbons (Fsp3) is 0.500. The van der Waals surface area contributed by atoms with Gasteiger partial charge in [0.15, 0.2) is 0 Å². The van der Waals surface area contributed by atoms with E-state index in [4.69, 9.17) is 5.26 Å². The number of carbonyl (C=O) groups excluding carboxylic acids is 1. The molecule has 0 aliphatic heterocycles. The molecular weight excluding hydrogens is 236 g/mol. The molecular formula is C16H20N2O. The summed E-state index contributed by atoms with van der Waals surface area (Å²) in [6, 6.07) is 12.5. The van der Waals surface area contributed by atoms with E-state index >= 15 is 0 Å². The maximum atomic E-state index is 12.3. The molecule has 0 atom stereocenters. The molecule has 0 spiro atoms. The van der Waals surface area contributed by atoms with Crippen molar-refractivity contribution >= 4 is 5.91 Å². The van der Waals surface area contributed by atoms with Crippen molar-refractivity contribution in [2.75, 3.05) is 6.54 Å². The number of rotatable bonds is 5. The summed E-state index contributed by atoms with van der Waals surface area (Å²) in [5.41, 5.74) is 1.18. The lowest BCUT2D eigenvalue weighted by atomic mass is 10.1. The number of hydrogen-bond acceptors (Lipinski definition) is 2. The first kappa shape index (κ1) is 13.6. The lowest BCUT2D eigenvalue weighted by Crippen LogP contribution is -2.39. The molecule has 1 aliphatic carbocycles. The summed E-state index contributed by atoms with van der Waals surface area (Å²) in [4.78, 5) is 14.1. The van der Waals surface area contributed by atoms with Gasteiger partial charge in [-0.1, -0.05) is 43.2 Å². The van der Waals surface area contributed by atoms with Crippen LogP contribution in [-0.4, -0.2) is 23.4 Å². The Hall–Kier alpha value is -1.82. The Kier molecular flexibility index (Phi) is 4.97. The van der Waals surface area contributed by atoms with Crippen molar-refractivity contribution in [2.45, 2.75) is 44.6 Å². The molecule has 19 heavy (non-hydrogen) atoms. The molecule has 0 radical (unpaired) electrons. The molecule has 3 nitrogen and oxygen atoms in total. The highest BCUT2D eigenvalue weighted by atomic mass is 16.2. The normalized spacial score (nSPS) is 15.1. The largest absolute Gasteiger partial charge is 0.326 e. The quantitative estimate of drug-likeness (QED) is 0.760. The Morgan fingerprint density at radius 2 is 1.95 bits per heavy atom. The molecule has 100 valence electrons. The number of amides is 1. The highest BCUT2D eigenvalue weighted by molar-refractivity contribution is 5.77. The summed E-state index contributed by atoms with van der Waals surface area (Å²) in [6.07, 6.45) is 5.73. The second-order valence-electron chi connectivity index (χ2n) is 5.10. The first-order valence-corrected chi connectivity index (χ1v) is 7.01.